The number of amides is 1. The van der Waals surface area contributed by atoms with Crippen molar-refractivity contribution in [1.82, 2.24) is 0 Å². The molecule has 2 nitrogen and oxygen atoms in total. The van der Waals surface area contributed by atoms with Crippen LogP contribution in [0.5, 0.6) is 0 Å². The van der Waals surface area contributed by atoms with Crippen LogP contribution in [0.25, 0.3) is 0 Å². The second-order valence-corrected chi connectivity index (χ2v) is 2.65. The van der Waals surface area contributed by atoms with Gasteiger partial charge >= 0.3 is 0 Å². The van der Waals surface area contributed by atoms with Crippen molar-refractivity contribution in [3.63, 3.8) is 0 Å². The molecule has 1 unspecified atom stereocenters. The van der Waals surface area contributed by atoms with Gasteiger partial charge in [0.15, 0.2) is 0 Å². The summed E-state index contributed by atoms with van der Waals surface area (Å²) in [6.45, 7) is 0. The largest absolute Gasteiger partial charge is 0.269 e. The zero-order chi connectivity index (χ0) is 8.55. The van der Waals surface area contributed by atoms with Crippen molar-refractivity contribution < 1.29 is 9.18 Å². The molecule has 1 amide bonds. The Morgan fingerprint density at radius 1 is 1.33 bits per heavy atom. The molecule has 0 N–H and O–H groups in total. The summed E-state index contributed by atoms with van der Waals surface area (Å²) in [5, 5.41) is 0. The lowest BCUT2D eigenvalue weighted by Crippen LogP contribution is -2.16. The van der Waals surface area contributed by atoms with E-state index < -0.39 is 0 Å². The number of dihydropyridines is 1. The van der Waals surface area contributed by atoms with E-state index in [0.29, 0.717) is 5.71 Å². The van der Waals surface area contributed by atoms with Crippen LogP contribution in [0.3, 0.4) is 0 Å². The molecule has 0 aromatic carbocycles. The average Bonchev–Trinajstić information content (AvgIpc) is 2.03. The first-order valence-electron chi connectivity index (χ1n) is 3.62. The van der Waals surface area contributed by atoms with Gasteiger partial charge in [-0.05, 0) is 12.2 Å². The third-order valence-corrected chi connectivity index (χ3v) is 1.78. The molecule has 0 saturated carbocycles. The summed E-state index contributed by atoms with van der Waals surface area (Å²) >= 11 is 0. The Kier molecular flexibility index (Phi) is 1.50. The van der Waals surface area contributed by atoms with E-state index in [-0.39, 0.29) is 17.7 Å². The first-order chi connectivity index (χ1) is 5.75. The first kappa shape index (κ1) is 7.16. The number of rotatable bonds is 0. The molecule has 2 rings (SSSR count). The molecule has 1 heterocycles. The summed E-state index contributed by atoms with van der Waals surface area (Å²) in [5.74, 6) is -0.698. The molecule has 1 atom stereocenters. The highest BCUT2D eigenvalue weighted by Gasteiger charge is 2.17. The van der Waals surface area contributed by atoms with E-state index in [0.717, 1.165) is 0 Å². The van der Waals surface area contributed by atoms with Crippen molar-refractivity contribution in [1.29, 1.82) is 0 Å². The van der Waals surface area contributed by atoms with Crippen LogP contribution in [0, 0.1) is 5.92 Å². The van der Waals surface area contributed by atoms with E-state index in [1.165, 1.54) is 18.2 Å². The van der Waals surface area contributed by atoms with Gasteiger partial charge in [0.1, 0.15) is 5.83 Å². The lowest BCUT2D eigenvalue weighted by atomic mass is 9.96. The zero-order valence-electron chi connectivity index (χ0n) is 6.20. The van der Waals surface area contributed by atoms with Crippen molar-refractivity contribution in [2.45, 2.75) is 0 Å². The van der Waals surface area contributed by atoms with Crippen LogP contribution in [0.1, 0.15) is 0 Å². The minimum Gasteiger partial charge on any atom is -0.267 e. The fourth-order valence-corrected chi connectivity index (χ4v) is 1.20. The lowest BCUT2D eigenvalue weighted by Gasteiger charge is -2.14. The van der Waals surface area contributed by atoms with Crippen molar-refractivity contribution >= 4 is 11.6 Å². The maximum absolute atomic E-state index is 12.6. The molecule has 0 bridgehead atoms. The highest BCUT2D eigenvalue weighted by Crippen LogP contribution is 2.19. The molecule has 1 aliphatic carbocycles. The predicted octanol–water partition coefficient (Wildman–Crippen LogP) is 1.56. The topological polar surface area (TPSA) is 29.4 Å². The van der Waals surface area contributed by atoms with Crippen LogP contribution < -0.4 is 0 Å². The smallest absolute Gasteiger partial charge is 0.267 e. The van der Waals surface area contributed by atoms with E-state index in [9.17, 15) is 9.18 Å². The van der Waals surface area contributed by atoms with Crippen LogP contribution in [0.15, 0.2) is 41.2 Å². The Balaban J connectivity index is 2.40. The van der Waals surface area contributed by atoms with Gasteiger partial charge in [-0.3, -0.25) is 4.79 Å². The van der Waals surface area contributed by atoms with Crippen LogP contribution in [-0.2, 0) is 4.79 Å². The van der Waals surface area contributed by atoms with Crippen molar-refractivity contribution in [3.05, 3.63) is 36.2 Å². The highest BCUT2D eigenvalue weighted by molar-refractivity contribution is 6.11. The van der Waals surface area contributed by atoms with E-state index in [4.69, 9.17) is 0 Å². The van der Waals surface area contributed by atoms with Gasteiger partial charge in [0.05, 0.1) is 5.71 Å². The van der Waals surface area contributed by atoms with Crippen molar-refractivity contribution in [2.24, 2.45) is 10.9 Å². The van der Waals surface area contributed by atoms with Gasteiger partial charge < -0.3 is 0 Å². The standard InChI is InChI=1S/C9H6FNO/c10-7-3-1-6-2-4-9(12)11-8(6)5-7/h1-6H. The van der Waals surface area contributed by atoms with E-state index in [1.54, 1.807) is 12.2 Å². The van der Waals surface area contributed by atoms with Crippen molar-refractivity contribution in [3.8, 4) is 0 Å². The fourth-order valence-electron chi connectivity index (χ4n) is 1.20. The molecule has 0 aromatic rings. The van der Waals surface area contributed by atoms with Gasteiger partial charge in [-0.25, -0.2) is 9.38 Å². The highest BCUT2D eigenvalue weighted by atomic mass is 19.1. The normalized spacial score (nSPS) is 26.4. The Labute approximate surface area is 68.8 Å². The quantitative estimate of drug-likeness (QED) is 0.532. The number of carbonyl (C=O) groups excluding carboxylic acids is 1. The number of carbonyl (C=O) groups is 1. The molecule has 0 spiro atoms. The fraction of sp³-hybridized carbons (Fsp3) is 0.111. The molecule has 1 aliphatic heterocycles. The van der Waals surface area contributed by atoms with Crippen LogP contribution in [0.2, 0.25) is 0 Å². The molecule has 0 radical (unpaired) electrons. The molecular weight excluding hydrogens is 157 g/mol. The van der Waals surface area contributed by atoms with Gasteiger partial charge in [-0.1, -0.05) is 12.2 Å². The lowest BCUT2D eigenvalue weighted by molar-refractivity contribution is -0.113. The number of allylic oxidation sites excluding steroid dienone is 5. The maximum Gasteiger partial charge on any atom is 0.269 e. The number of aliphatic imine (C=N–C) groups is 1. The second-order valence-electron chi connectivity index (χ2n) is 2.65. The summed E-state index contributed by atoms with van der Waals surface area (Å²) in [6, 6.07) is 0. The Bertz CT molecular complexity index is 350. The van der Waals surface area contributed by atoms with Gasteiger partial charge in [0.2, 0.25) is 0 Å². The minimum atomic E-state index is -0.354. The number of hydrogen-bond donors (Lipinski definition) is 0. The molecule has 0 fully saturated rings. The number of nitrogens with zero attached hydrogens (tertiary/aromatic N) is 1. The predicted molar refractivity (Wildman–Crippen MR) is 43.4 cm³/mol. The number of fused-ring (bicyclic) bond motifs is 1. The third-order valence-electron chi connectivity index (χ3n) is 1.78. The second kappa shape index (κ2) is 2.52. The zero-order valence-corrected chi connectivity index (χ0v) is 6.20. The Morgan fingerprint density at radius 3 is 2.92 bits per heavy atom. The van der Waals surface area contributed by atoms with E-state index in [1.807, 2.05) is 0 Å². The SMILES string of the molecule is O=C1C=CC2C=CC(F)=CC2=N1. The van der Waals surface area contributed by atoms with Crippen molar-refractivity contribution in [2.75, 3.05) is 0 Å². The molecule has 2 aliphatic rings. The molecule has 3 heteroatoms. The van der Waals surface area contributed by atoms with E-state index >= 15 is 0 Å². The molecule has 12 heavy (non-hydrogen) atoms. The van der Waals surface area contributed by atoms with Gasteiger partial charge in [-0.15, -0.1) is 0 Å². The first-order valence-corrected chi connectivity index (χ1v) is 3.62. The van der Waals surface area contributed by atoms with Gasteiger partial charge in [-0.2, -0.15) is 0 Å². The summed E-state index contributed by atoms with van der Waals surface area (Å²) < 4.78 is 12.6. The molecule has 60 valence electrons. The third kappa shape index (κ3) is 1.13. The summed E-state index contributed by atoms with van der Waals surface area (Å²) in [4.78, 5) is 14.5. The summed E-state index contributed by atoms with van der Waals surface area (Å²) in [6.07, 6.45) is 7.45. The maximum atomic E-state index is 12.6. The van der Waals surface area contributed by atoms with Crippen LogP contribution >= 0.6 is 0 Å². The summed E-state index contributed by atoms with van der Waals surface area (Å²) in [5.41, 5.74) is 0.488. The molecule has 0 aromatic heterocycles. The monoisotopic (exact) mass is 163 g/mol. The van der Waals surface area contributed by atoms with Gasteiger partial charge in [0, 0.05) is 12.0 Å². The average molecular weight is 163 g/mol. The Hall–Kier alpha value is -1.51. The summed E-state index contributed by atoms with van der Waals surface area (Å²) in [7, 11) is 0. The van der Waals surface area contributed by atoms with Crippen LogP contribution in [0.4, 0.5) is 4.39 Å². The van der Waals surface area contributed by atoms with Crippen LogP contribution in [-0.4, -0.2) is 11.6 Å². The molecular formula is C9H6FNO. The Morgan fingerprint density at radius 2 is 2.08 bits per heavy atom. The minimum absolute atomic E-state index is 0.0257. The number of hydrogen-bond acceptors (Lipinski definition) is 1. The molecule has 0 saturated heterocycles. The number of halogens is 1. The van der Waals surface area contributed by atoms with E-state index in [2.05, 4.69) is 4.99 Å². The van der Waals surface area contributed by atoms with Gasteiger partial charge in [0.25, 0.3) is 5.91 Å².